The zero-order chi connectivity index (χ0) is 24.2. The smallest absolute Gasteiger partial charge is 0.414 e. The fraction of sp³-hybridized carbons (Fsp3) is 0.348. The van der Waals surface area contributed by atoms with Crippen molar-refractivity contribution in [3.63, 3.8) is 0 Å². The summed E-state index contributed by atoms with van der Waals surface area (Å²) in [5.74, 6) is -2.51. The number of rotatable bonds is 6. The standard InChI is InChI=1S/C23H23F2N3O6/c24-18-12-15(27-14-16(4-3-10-29)34-23(27)32)13-19(25)21(18)26-7-8-28(33-11-9-26)22(31)17-5-1-2-6-20(17)30/h1-2,5-6,10,12-13,16,30H,3-4,7-9,11,14H2/t16-/m0/s1. The maximum atomic E-state index is 15.0. The molecule has 0 aliphatic carbocycles. The van der Waals surface area contributed by atoms with E-state index in [1.807, 2.05) is 0 Å². The number of cyclic esters (lactones) is 1. The van der Waals surface area contributed by atoms with Crippen LogP contribution in [-0.4, -0.2) is 67.3 Å². The molecule has 0 saturated carbocycles. The Kier molecular flexibility index (Phi) is 6.92. The molecule has 0 unspecified atom stereocenters. The van der Waals surface area contributed by atoms with Gasteiger partial charge in [0.15, 0.2) is 11.6 Å². The van der Waals surface area contributed by atoms with Crippen LogP contribution >= 0.6 is 0 Å². The molecule has 0 radical (unpaired) electrons. The normalized spacial score (nSPS) is 18.6. The SMILES string of the molecule is O=CCC[C@H]1CN(c2cc(F)c(N3CCON(C(=O)c4ccccc4O)CC3)c(F)c2)C(=O)O1. The number of carbonyl (C=O) groups is 3. The molecule has 2 heterocycles. The first kappa shape index (κ1) is 23.4. The van der Waals surface area contributed by atoms with Crippen molar-refractivity contribution < 1.29 is 37.8 Å². The monoisotopic (exact) mass is 475 g/mol. The molecule has 180 valence electrons. The first-order chi connectivity index (χ1) is 16.4. The quantitative estimate of drug-likeness (QED) is 0.642. The van der Waals surface area contributed by atoms with E-state index in [0.717, 1.165) is 22.1 Å². The summed E-state index contributed by atoms with van der Waals surface area (Å²) in [6.45, 7) is 0.261. The molecule has 4 rings (SSSR count). The van der Waals surface area contributed by atoms with Crippen molar-refractivity contribution in [2.75, 3.05) is 42.6 Å². The van der Waals surface area contributed by atoms with Gasteiger partial charge < -0.3 is 19.5 Å². The lowest BCUT2D eigenvalue weighted by atomic mass is 10.2. The maximum absolute atomic E-state index is 15.0. The number of anilines is 2. The summed E-state index contributed by atoms with van der Waals surface area (Å²) in [5, 5.41) is 11.0. The number of ether oxygens (including phenoxy) is 1. The van der Waals surface area contributed by atoms with Gasteiger partial charge in [0.2, 0.25) is 0 Å². The number of aromatic hydroxyl groups is 1. The van der Waals surface area contributed by atoms with E-state index in [2.05, 4.69) is 0 Å². The lowest BCUT2D eigenvalue weighted by molar-refractivity contribution is -0.111. The van der Waals surface area contributed by atoms with Crippen molar-refractivity contribution in [2.45, 2.75) is 18.9 Å². The van der Waals surface area contributed by atoms with Crippen molar-refractivity contribution in [2.24, 2.45) is 0 Å². The van der Waals surface area contributed by atoms with Crippen molar-refractivity contribution in [3.05, 3.63) is 53.6 Å². The van der Waals surface area contributed by atoms with Gasteiger partial charge in [-0.25, -0.2) is 18.6 Å². The highest BCUT2D eigenvalue weighted by atomic mass is 19.1. The second-order valence-electron chi connectivity index (χ2n) is 7.86. The van der Waals surface area contributed by atoms with Crippen LogP contribution in [0.1, 0.15) is 23.2 Å². The Labute approximate surface area is 194 Å². The van der Waals surface area contributed by atoms with Gasteiger partial charge in [-0.2, -0.15) is 0 Å². The molecule has 2 aliphatic rings. The van der Waals surface area contributed by atoms with E-state index in [4.69, 9.17) is 9.57 Å². The molecule has 9 nitrogen and oxygen atoms in total. The molecule has 0 aromatic heterocycles. The molecule has 2 aromatic rings. The minimum Gasteiger partial charge on any atom is -0.507 e. The van der Waals surface area contributed by atoms with Gasteiger partial charge in [-0.3, -0.25) is 14.5 Å². The molecule has 1 atom stereocenters. The molecule has 0 bridgehead atoms. The van der Waals surface area contributed by atoms with E-state index in [0.29, 0.717) is 12.7 Å². The number of hydroxylamine groups is 2. The number of amides is 2. The van der Waals surface area contributed by atoms with Crippen molar-refractivity contribution in [1.29, 1.82) is 0 Å². The Morgan fingerprint density at radius 2 is 1.88 bits per heavy atom. The van der Waals surface area contributed by atoms with E-state index in [9.17, 15) is 19.5 Å². The Morgan fingerprint density at radius 3 is 2.59 bits per heavy atom. The summed E-state index contributed by atoms with van der Waals surface area (Å²) in [6.07, 6.45) is 0.00179. The Balaban J connectivity index is 1.47. The number of phenols is 1. The molecule has 34 heavy (non-hydrogen) atoms. The maximum Gasteiger partial charge on any atom is 0.414 e. The predicted octanol–water partition coefficient (Wildman–Crippen LogP) is 2.87. The van der Waals surface area contributed by atoms with E-state index >= 15 is 8.78 Å². The van der Waals surface area contributed by atoms with Crippen LogP contribution in [0.5, 0.6) is 5.75 Å². The zero-order valence-corrected chi connectivity index (χ0v) is 18.2. The van der Waals surface area contributed by atoms with Crippen molar-refractivity contribution in [1.82, 2.24) is 5.06 Å². The summed E-state index contributed by atoms with van der Waals surface area (Å²) in [7, 11) is 0. The number of hydrogen-bond acceptors (Lipinski definition) is 7. The molecule has 11 heteroatoms. The highest BCUT2D eigenvalue weighted by Crippen LogP contribution is 2.32. The van der Waals surface area contributed by atoms with Gasteiger partial charge >= 0.3 is 6.09 Å². The fourth-order valence-corrected chi connectivity index (χ4v) is 3.97. The zero-order valence-electron chi connectivity index (χ0n) is 18.2. The third-order valence-corrected chi connectivity index (χ3v) is 5.65. The molecular weight excluding hydrogens is 452 g/mol. The number of halogens is 2. The van der Waals surface area contributed by atoms with E-state index in [-0.39, 0.29) is 61.9 Å². The third-order valence-electron chi connectivity index (χ3n) is 5.65. The number of hydrogen-bond donors (Lipinski definition) is 1. The third kappa shape index (κ3) is 4.79. The Hall–Kier alpha value is -3.73. The molecule has 2 aliphatic heterocycles. The van der Waals surface area contributed by atoms with Gasteiger partial charge in [0, 0.05) is 31.6 Å². The number of carbonyl (C=O) groups excluding carboxylic acids is 3. The van der Waals surface area contributed by atoms with Crippen LogP contribution in [0, 0.1) is 11.6 Å². The van der Waals surface area contributed by atoms with Gasteiger partial charge in [-0.05, 0) is 18.6 Å². The van der Waals surface area contributed by atoms with Crippen molar-refractivity contribution in [3.8, 4) is 5.75 Å². The summed E-state index contributed by atoms with van der Waals surface area (Å²) in [5.41, 5.74) is -0.226. The van der Waals surface area contributed by atoms with Crippen LogP contribution < -0.4 is 9.80 Å². The van der Waals surface area contributed by atoms with Crippen LogP contribution in [0.15, 0.2) is 36.4 Å². The van der Waals surface area contributed by atoms with Gasteiger partial charge in [0.05, 0.1) is 30.9 Å². The second-order valence-corrected chi connectivity index (χ2v) is 7.86. The molecule has 2 aromatic carbocycles. The molecule has 2 amide bonds. The van der Waals surface area contributed by atoms with Crippen LogP contribution in [0.25, 0.3) is 0 Å². The van der Waals surface area contributed by atoms with Gasteiger partial charge in [0.1, 0.15) is 23.8 Å². The molecule has 2 saturated heterocycles. The summed E-state index contributed by atoms with van der Waals surface area (Å²) in [6, 6.07) is 8.12. The largest absolute Gasteiger partial charge is 0.507 e. The van der Waals surface area contributed by atoms with Crippen LogP contribution in [0.3, 0.4) is 0 Å². The lowest BCUT2D eigenvalue weighted by Gasteiger charge is -2.24. The first-order valence-corrected chi connectivity index (χ1v) is 10.8. The van der Waals surface area contributed by atoms with Crippen LogP contribution in [0.2, 0.25) is 0 Å². The minimum absolute atomic E-state index is 0.00463. The summed E-state index contributed by atoms with van der Waals surface area (Å²) in [4.78, 5) is 43.4. The highest BCUT2D eigenvalue weighted by Gasteiger charge is 2.34. The lowest BCUT2D eigenvalue weighted by Crippen LogP contribution is -2.35. The first-order valence-electron chi connectivity index (χ1n) is 10.8. The Bertz CT molecular complexity index is 1080. The second kappa shape index (κ2) is 10.0. The number of para-hydroxylation sites is 1. The molecular formula is C23H23F2N3O6. The van der Waals surface area contributed by atoms with Gasteiger partial charge in [-0.15, -0.1) is 0 Å². The number of aldehydes is 1. The highest BCUT2D eigenvalue weighted by molar-refractivity contribution is 5.96. The van der Waals surface area contributed by atoms with Gasteiger partial charge in [-0.1, -0.05) is 12.1 Å². The van der Waals surface area contributed by atoms with Gasteiger partial charge in [0.25, 0.3) is 5.91 Å². The Morgan fingerprint density at radius 1 is 1.15 bits per heavy atom. The average Bonchev–Trinajstić information content (AvgIpc) is 3.02. The van der Waals surface area contributed by atoms with E-state index in [1.54, 1.807) is 12.1 Å². The molecule has 0 spiro atoms. The van der Waals surface area contributed by atoms with E-state index < -0.39 is 29.7 Å². The van der Waals surface area contributed by atoms with Crippen LogP contribution in [-0.2, 0) is 14.4 Å². The van der Waals surface area contributed by atoms with Crippen LogP contribution in [0.4, 0.5) is 25.0 Å². The summed E-state index contributed by atoms with van der Waals surface area (Å²) >= 11 is 0. The number of nitrogens with zero attached hydrogens (tertiary/aromatic N) is 3. The molecule has 1 N–H and O–H groups in total. The topological polar surface area (TPSA) is 99.6 Å². The number of phenolic OH excluding ortho intramolecular Hbond substituents is 1. The molecule has 2 fully saturated rings. The minimum atomic E-state index is -0.875. The van der Waals surface area contributed by atoms with Crippen molar-refractivity contribution >= 4 is 29.7 Å². The summed E-state index contributed by atoms with van der Waals surface area (Å²) < 4.78 is 35.2. The predicted molar refractivity (Wildman–Crippen MR) is 117 cm³/mol. The van der Waals surface area contributed by atoms with E-state index in [1.165, 1.54) is 17.0 Å². The fourth-order valence-electron chi connectivity index (χ4n) is 3.97. The number of benzene rings is 2. The average molecular weight is 475 g/mol.